The first kappa shape index (κ1) is 26.9. The van der Waals surface area contributed by atoms with Gasteiger partial charge in [-0.25, -0.2) is 0 Å². The highest BCUT2D eigenvalue weighted by Gasteiger charge is 2.72. The quantitative estimate of drug-likeness (QED) is 0.393. The van der Waals surface area contributed by atoms with Gasteiger partial charge in [0.05, 0.1) is 25.6 Å². The van der Waals surface area contributed by atoms with E-state index in [4.69, 9.17) is 9.47 Å². The zero-order valence-corrected chi connectivity index (χ0v) is 24.6. The van der Waals surface area contributed by atoms with Gasteiger partial charge in [0.15, 0.2) is 5.78 Å². The van der Waals surface area contributed by atoms with Crippen molar-refractivity contribution >= 4 is 17.7 Å². The van der Waals surface area contributed by atoms with Gasteiger partial charge < -0.3 is 9.47 Å². The lowest BCUT2D eigenvalue weighted by Crippen LogP contribution is -2.63. The van der Waals surface area contributed by atoms with E-state index in [0.717, 1.165) is 44.9 Å². The van der Waals surface area contributed by atoms with Crippen LogP contribution >= 0.6 is 0 Å². The van der Waals surface area contributed by atoms with Crippen LogP contribution in [0.3, 0.4) is 0 Å². The van der Waals surface area contributed by atoms with Crippen LogP contribution in [0.5, 0.6) is 0 Å². The van der Waals surface area contributed by atoms with Crippen LogP contribution in [0.2, 0.25) is 0 Å². The Balaban J connectivity index is 1.61. The van der Waals surface area contributed by atoms with E-state index in [1.807, 2.05) is 6.08 Å². The summed E-state index contributed by atoms with van der Waals surface area (Å²) in [4.78, 5) is 40.1. The molecule has 37 heavy (non-hydrogen) atoms. The number of carbonyl (C=O) groups excluding carboxylic acids is 3. The fourth-order valence-corrected chi connectivity index (χ4v) is 11.0. The topological polar surface area (TPSA) is 69.7 Å². The molecule has 0 spiro atoms. The molecule has 0 bridgehead atoms. The maximum atomic E-state index is 14.4. The Kier molecular flexibility index (Phi) is 5.78. The second-order valence-electron chi connectivity index (χ2n) is 15.3. The van der Waals surface area contributed by atoms with Gasteiger partial charge in [-0.3, -0.25) is 14.4 Å². The molecule has 0 aromatic carbocycles. The normalized spacial score (nSPS) is 50.1. The highest BCUT2D eigenvalue weighted by molar-refractivity contribution is 5.96. The SMILES string of the molecule is COC(=O)[C@@H]1C[C@@]2(C)C(CC[C@]3(C)[C@@H]2C(=O)C=C2C4C[C@@](C)(C(=O)OC)CC[C@]4(C)CC[C@]23C)C1(C)C. The molecule has 4 fully saturated rings. The minimum absolute atomic E-state index is 0.106. The summed E-state index contributed by atoms with van der Waals surface area (Å²) in [7, 11) is 2.98. The van der Waals surface area contributed by atoms with Crippen molar-refractivity contribution in [3.05, 3.63) is 11.6 Å². The number of rotatable bonds is 2. The largest absolute Gasteiger partial charge is 0.469 e. The molecule has 0 aromatic rings. The van der Waals surface area contributed by atoms with Crippen molar-refractivity contribution < 1.29 is 23.9 Å². The fourth-order valence-electron chi connectivity index (χ4n) is 11.0. The zero-order chi connectivity index (χ0) is 27.4. The number of hydrogen-bond acceptors (Lipinski definition) is 5. The van der Waals surface area contributed by atoms with Gasteiger partial charge >= 0.3 is 11.9 Å². The molecule has 0 radical (unpaired) electrons. The molecule has 5 aliphatic rings. The molecule has 5 heteroatoms. The van der Waals surface area contributed by atoms with Crippen LogP contribution in [0.15, 0.2) is 11.6 Å². The molecule has 9 atom stereocenters. The van der Waals surface area contributed by atoms with Crippen molar-refractivity contribution in [1.82, 2.24) is 0 Å². The van der Waals surface area contributed by atoms with E-state index in [2.05, 4.69) is 48.5 Å². The fraction of sp³-hybridized carbons (Fsp3) is 0.844. The Bertz CT molecular complexity index is 1070. The second-order valence-corrected chi connectivity index (χ2v) is 15.3. The Morgan fingerprint density at radius 2 is 1.51 bits per heavy atom. The Labute approximate surface area is 223 Å². The van der Waals surface area contributed by atoms with Gasteiger partial charge in [-0.1, -0.05) is 47.1 Å². The van der Waals surface area contributed by atoms with Crippen molar-refractivity contribution in [2.45, 2.75) is 99.8 Å². The first-order valence-corrected chi connectivity index (χ1v) is 14.5. The number of fused-ring (bicyclic) bond motifs is 7. The number of carbonyl (C=O) groups is 3. The predicted molar refractivity (Wildman–Crippen MR) is 142 cm³/mol. The summed E-state index contributed by atoms with van der Waals surface area (Å²) < 4.78 is 10.5. The van der Waals surface area contributed by atoms with E-state index in [9.17, 15) is 14.4 Å². The molecule has 0 amide bonds. The lowest BCUT2D eigenvalue weighted by Gasteiger charge is -2.68. The molecule has 5 rings (SSSR count). The molecular formula is C32H48O5. The van der Waals surface area contributed by atoms with E-state index in [1.165, 1.54) is 19.8 Å². The van der Waals surface area contributed by atoms with E-state index in [1.54, 1.807) is 0 Å². The number of ether oxygens (including phenoxy) is 2. The first-order chi connectivity index (χ1) is 17.0. The molecule has 0 aromatic heterocycles. The van der Waals surface area contributed by atoms with Gasteiger partial charge in [-0.15, -0.1) is 0 Å². The van der Waals surface area contributed by atoms with E-state index in [0.29, 0.717) is 12.3 Å². The number of methoxy groups -OCH3 is 2. The van der Waals surface area contributed by atoms with Gasteiger partial charge in [-0.05, 0) is 103 Å². The van der Waals surface area contributed by atoms with Crippen LogP contribution in [-0.2, 0) is 23.9 Å². The van der Waals surface area contributed by atoms with E-state index >= 15 is 0 Å². The minimum Gasteiger partial charge on any atom is -0.469 e. The molecule has 2 unspecified atom stereocenters. The molecule has 0 saturated heterocycles. The summed E-state index contributed by atoms with van der Waals surface area (Å²) in [6, 6.07) is 0. The lowest BCUT2D eigenvalue weighted by molar-refractivity contribution is -0.168. The van der Waals surface area contributed by atoms with Crippen LogP contribution in [0, 0.1) is 56.2 Å². The standard InChI is InChI=1S/C32H48O5/c1-27(2)21(25(34)36-8)18-30(5)23(27)10-11-32(7)24(30)22(33)16-19-20-17-29(4,26(35)37-9)13-12-28(20,3)14-15-31(19,32)6/h16,20-21,23-24H,10-15,17-18H2,1-9H3/t20?,21-,23?,24+,28+,29-,30-,31+,32+/m0/s1. The number of esters is 2. The maximum absolute atomic E-state index is 14.4. The monoisotopic (exact) mass is 512 g/mol. The van der Waals surface area contributed by atoms with Crippen molar-refractivity contribution in [2.24, 2.45) is 56.2 Å². The highest BCUT2D eigenvalue weighted by Crippen LogP contribution is 2.76. The summed E-state index contributed by atoms with van der Waals surface area (Å²) in [5.74, 6) is 0.207. The Hall–Kier alpha value is -1.65. The molecule has 5 nitrogen and oxygen atoms in total. The Morgan fingerprint density at radius 1 is 0.865 bits per heavy atom. The maximum Gasteiger partial charge on any atom is 0.311 e. The van der Waals surface area contributed by atoms with E-state index < -0.39 is 5.41 Å². The molecule has 0 N–H and O–H groups in total. The summed E-state index contributed by atoms with van der Waals surface area (Å²) in [5.41, 5.74) is 0.160. The third-order valence-corrected chi connectivity index (χ3v) is 13.4. The smallest absolute Gasteiger partial charge is 0.311 e. The molecule has 206 valence electrons. The van der Waals surface area contributed by atoms with Crippen molar-refractivity contribution in [3.63, 3.8) is 0 Å². The molecule has 0 heterocycles. The number of ketones is 1. The van der Waals surface area contributed by atoms with Crippen LogP contribution in [-0.4, -0.2) is 31.9 Å². The van der Waals surface area contributed by atoms with Crippen molar-refractivity contribution in [3.8, 4) is 0 Å². The van der Waals surface area contributed by atoms with Gasteiger partial charge in [0, 0.05) is 5.92 Å². The average molecular weight is 513 g/mol. The molecular weight excluding hydrogens is 464 g/mol. The average Bonchev–Trinajstić information content (AvgIpc) is 3.05. The third kappa shape index (κ3) is 3.24. The number of hydrogen-bond donors (Lipinski definition) is 0. The zero-order valence-electron chi connectivity index (χ0n) is 24.6. The van der Waals surface area contributed by atoms with Crippen molar-refractivity contribution in [2.75, 3.05) is 14.2 Å². The summed E-state index contributed by atoms with van der Waals surface area (Å²) in [6.45, 7) is 16.0. The lowest BCUT2D eigenvalue weighted by atomic mass is 9.35. The summed E-state index contributed by atoms with van der Waals surface area (Å²) in [5, 5.41) is 0. The molecule has 4 saturated carbocycles. The van der Waals surface area contributed by atoms with Crippen LogP contribution in [0.4, 0.5) is 0 Å². The van der Waals surface area contributed by atoms with Gasteiger partial charge in [-0.2, -0.15) is 0 Å². The van der Waals surface area contributed by atoms with E-state index in [-0.39, 0.29) is 62.6 Å². The van der Waals surface area contributed by atoms with Gasteiger partial charge in [0.1, 0.15) is 0 Å². The highest BCUT2D eigenvalue weighted by atomic mass is 16.5. The Morgan fingerprint density at radius 3 is 2.14 bits per heavy atom. The van der Waals surface area contributed by atoms with Crippen LogP contribution in [0.25, 0.3) is 0 Å². The third-order valence-electron chi connectivity index (χ3n) is 13.4. The van der Waals surface area contributed by atoms with Crippen LogP contribution < -0.4 is 0 Å². The summed E-state index contributed by atoms with van der Waals surface area (Å²) >= 11 is 0. The number of allylic oxidation sites excluding steroid dienone is 2. The predicted octanol–water partition coefficient (Wildman–Crippen LogP) is 6.54. The molecule has 0 aliphatic heterocycles. The molecule has 5 aliphatic carbocycles. The summed E-state index contributed by atoms with van der Waals surface area (Å²) in [6.07, 6.45) is 9.54. The first-order valence-electron chi connectivity index (χ1n) is 14.5. The minimum atomic E-state index is -0.508. The second kappa shape index (κ2) is 7.94. The van der Waals surface area contributed by atoms with Crippen molar-refractivity contribution in [1.29, 1.82) is 0 Å². The van der Waals surface area contributed by atoms with Gasteiger partial charge in [0.2, 0.25) is 0 Å². The van der Waals surface area contributed by atoms with Crippen LogP contribution in [0.1, 0.15) is 99.8 Å². The van der Waals surface area contributed by atoms with Gasteiger partial charge in [0.25, 0.3) is 0 Å².